The zero-order valence-electron chi connectivity index (χ0n) is 17.2. The molecule has 1 saturated carbocycles. The van der Waals surface area contributed by atoms with Crippen LogP contribution in [0.4, 0.5) is 22.0 Å². The van der Waals surface area contributed by atoms with Gasteiger partial charge in [-0.3, -0.25) is 4.39 Å². The lowest BCUT2D eigenvalue weighted by atomic mass is 9.90. The first-order valence-electron chi connectivity index (χ1n) is 9.61. The standard InChI is InChI=1S/C7H5F3O.C7H13F.C6H12O.CH3F/c1-11-4-2-5(8)7(10)6(9)3-4;1-6-2-4-7(8)5-3-6;1-6-3-2-4-7-5-6;1-2/h2-3H,1H3;6-7H,2-5H2,1H3;6H,2-5H2,1H3;1H3. The Bertz CT molecular complexity index is 481. The third-order valence-corrected chi connectivity index (χ3v) is 4.53. The van der Waals surface area contributed by atoms with E-state index in [1.165, 1.54) is 20.0 Å². The number of rotatable bonds is 1. The Hall–Kier alpha value is -1.37. The molecule has 0 radical (unpaired) electrons. The van der Waals surface area contributed by atoms with Crippen LogP contribution in [0, 0.1) is 29.3 Å². The van der Waals surface area contributed by atoms with Gasteiger partial charge in [-0.25, -0.2) is 17.6 Å². The van der Waals surface area contributed by atoms with Gasteiger partial charge < -0.3 is 9.47 Å². The lowest BCUT2D eigenvalue weighted by Gasteiger charge is -2.19. The van der Waals surface area contributed by atoms with Crippen molar-refractivity contribution >= 4 is 0 Å². The van der Waals surface area contributed by atoms with Crippen LogP contribution in [0.25, 0.3) is 0 Å². The van der Waals surface area contributed by atoms with Crippen molar-refractivity contribution in [2.45, 2.75) is 58.5 Å². The minimum atomic E-state index is -1.48. The molecule has 1 aromatic rings. The van der Waals surface area contributed by atoms with Gasteiger partial charge in [0.1, 0.15) is 11.9 Å². The van der Waals surface area contributed by atoms with Gasteiger partial charge >= 0.3 is 0 Å². The van der Waals surface area contributed by atoms with E-state index in [1.54, 1.807) is 0 Å². The molecular formula is C21H33F5O2. The smallest absolute Gasteiger partial charge is 0.194 e. The van der Waals surface area contributed by atoms with Crippen LogP contribution in [0.5, 0.6) is 5.75 Å². The molecule has 2 aliphatic rings. The largest absolute Gasteiger partial charge is 0.497 e. The van der Waals surface area contributed by atoms with E-state index in [0.29, 0.717) is 7.18 Å². The quantitative estimate of drug-likeness (QED) is 0.379. The van der Waals surface area contributed by atoms with Gasteiger partial charge in [-0.15, -0.1) is 0 Å². The molecular weight excluding hydrogens is 379 g/mol. The Balaban J connectivity index is 0.000000383. The van der Waals surface area contributed by atoms with Crippen molar-refractivity contribution in [2.75, 3.05) is 27.5 Å². The molecule has 0 N–H and O–H groups in total. The van der Waals surface area contributed by atoms with Crippen LogP contribution >= 0.6 is 0 Å². The molecule has 1 aliphatic heterocycles. The predicted molar refractivity (Wildman–Crippen MR) is 102 cm³/mol. The van der Waals surface area contributed by atoms with Crippen LogP contribution in [-0.4, -0.2) is 33.7 Å². The third-order valence-electron chi connectivity index (χ3n) is 4.53. The third kappa shape index (κ3) is 11.5. The summed E-state index contributed by atoms with van der Waals surface area (Å²) >= 11 is 0. The van der Waals surface area contributed by atoms with Crippen LogP contribution in [0.15, 0.2) is 12.1 Å². The van der Waals surface area contributed by atoms with E-state index in [2.05, 4.69) is 18.6 Å². The van der Waals surface area contributed by atoms with Crippen molar-refractivity contribution in [3.63, 3.8) is 0 Å². The first-order valence-corrected chi connectivity index (χ1v) is 9.61. The van der Waals surface area contributed by atoms with E-state index in [1.807, 2.05) is 0 Å². The number of hydrogen-bond acceptors (Lipinski definition) is 2. The van der Waals surface area contributed by atoms with Gasteiger partial charge in [0.25, 0.3) is 0 Å². The van der Waals surface area contributed by atoms with Crippen LogP contribution in [0.2, 0.25) is 0 Å². The van der Waals surface area contributed by atoms with Gasteiger partial charge in [0.05, 0.1) is 14.3 Å². The van der Waals surface area contributed by atoms with Gasteiger partial charge in [0, 0.05) is 25.3 Å². The molecule has 2 fully saturated rings. The summed E-state index contributed by atoms with van der Waals surface area (Å²) < 4.78 is 68.4. The highest BCUT2D eigenvalue weighted by Gasteiger charge is 2.16. The molecule has 1 aliphatic carbocycles. The van der Waals surface area contributed by atoms with E-state index in [-0.39, 0.29) is 5.75 Å². The fourth-order valence-electron chi connectivity index (χ4n) is 2.77. The minimum absolute atomic E-state index is 0.0404. The highest BCUT2D eigenvalue weighted by molar-refractivity contribution is 5.24. The Morgan fingerprint density at radius 2 is 1.43 bits per heavy atom. The first kappa shape index (κ1) is 26.6. The normalized spacial score (nSPS) is 23.7. The Morgan fingerprint density at radius 3 is 1.75 bits per heavy atom. The molecule has 1 saturated heterocycles. The van der Waals surface area contributed by atoms with E-state index in [0.717, 1.165) is 62.9 Å². The molecule has 164 valence electrons. The summed E-state index contributed by atoms with van der Waals surface area (Å²) in [6, 6.07) is 1.55. The molecule has 0 spiro atoms. The molecule has 0 aromatic heterocycles. The maximum Gasteiger partial charge on any atom is 0.194 e. The second-order valence-electron chi connectivity index (χ2n) is 7.08. The highest BCUT2D eigenvalue weighted by atomic mass is 19.2. The summed E-state index contributed by atoms with van der Waals surface area (Å²) in [5.74, 6) is -2.42. The molecule has 28 heavy (non-hydrogen) atoms. The molecule has 0 bridgehead atoms. The van der Waals surface area contributed by atoms with Crippen molar-refractivity contribution in [3.8, 4) is 5.75 Å². The van der Waals surface area contributed by atoms with Crippen molar-refractivity contribution in [3.05, 3.63) is 29.6 Å². The molecule has 0 amide bonds. The van der Waals surface area contributed by atoms with Crippen molar-refractivity contribution in [1.82, 2.24) is 0 Å². The fourth-order valence-corrected chi connectivity index (χ4v) is 2.77. The summed E-state index contributed by atoms with van der Waals surface area (Å²) in [6.45, 7) is 6.41. The number of halogens is 5. The zero-order valence-corrected chi connectivity index (χ0v) is 17.2. The molecule has 1 atom stereocenters. The molecule has 7 heteroatoms. The van der Waals surface area contributed by atoms with E-state index in [9.17, 15) is 22.0 Å². The Kier molecular flexibility index (Phi) is 14.8. The second-order valence-corrected chi connectivity index (χ2v) is 7.08. The van der Waals surface area contributed by atoms with E-state index >= 15 is 0 Å². The van der Waals surface area contributed by atoms with E-state index < -0.39 is 23.6 Å². The summed E-state index contributed by atoms with van der Waals surface area (Å²) in [5.41, 5.74) is 0. The fraction of sp³-hybridized carbons (Fsp3) is 0.714. The molecule has 1 aromatic carbocycles. The van der Waals surface area contributed by atoms with Crippen LogP contribution in [-0.2, 0) is 4.74 Å². The number of ether oxygens (including phenoxy) is 2. The Morgan fingerprint density at radius 1 is 0.893 bits per heavy atom. The van der Waals surface area contributed by atoms with Gasteiger partial charge in [0.15, 0.2) is 17.5 Å². The first-order chi connectivity index (χ1) is 13.3. The SMILES string of the molecule is CC1CCC(F)CC1.CC1CCCOC1.CF.COc1cc(F)c(F)c(F)c1. The van der Waals surface area contributed by atoms with E-state index in [4.69, 9.17) is 4.74 Å². The van der Waals surface area contributed by atoms with Gasteiger partial charge in [-0.2, -0.15) is 0 Å². The van der Waals surface area contributed by atoms with Gasteiger partial charge in [-0.1, -0.05) is 13.8 Å². The number of alkyl halides is 2. The van der Waals surface area contributed by atoms with Gasteiger partial charge in [-0.05, 0) is 50.4 Å². The van der Waals surface area contributed by atoms with Crippen LogP contribution < -0.4 is 4.74 Å². The van der Waals surface area contributed by atoms with Crippen molar-refractivity contribution in [1.29, 1.82) is 0 Å². The van der Waals surface area contributed by atoms with Gasteiger partial charge in [0.2, 0.25) is 0 Å². The summed E-state index contributed by atoms with van der Waals surface area (Å²) in [6.07, 6.45) is 5.96. The lowest BCUT2D eigenvalue weighted by Crippen LogP contribution is -2.13. The van der Waals surface area contributed by atoms with Crippen LogP contribution in [0.3, 0.4) is 0 Å². The molecule has 1 unspecified atom stereocenters. The van der Waals surface area contributed by atoms with Crippen LogP contribution in [0.1, 0.15) is 52.4 Å². The number of methoxy groups -OCH3 is 1. The topological polar surface area (TPSA) is 18.5 Å². The summed E-state index contributed by atoms with van der Waals surface area (Å²) in [5, 5.41) is 0. The number of benzene rings is 1. The highest BCUT2D eigenvalue weighted by Crippen LogP contribution is 2.25. The average Bonchev–Trinajstić information content (AvgIpc) is 2.71. The summed E-state index contributed by atoms with van der Waals surface area (Å²) in [7, 11) is 1.74. The molecule has 1 heterocycles. The maximum absolute atomic E-state index is 12.4. The maximum atomic E-state index is 12.4. The average molecular weight is 412 g/mol. The monoisotopic (exact) mass is 412 g/mol. The zero-order chi connectivity index (χ0) is 21.5. The lowest BCUT2D eigenvalue weighted by molar-refractivity contribution is 0.0616. The molecule has 2 nitrogen and oxygen atoms in total. The Labute approximate surface area is 165 Å². The van der Waals surface area contributed by atoms with Crippen molar-refractivity contribution < 1.29 is 31.4 Å². The second kappa shape index (κ2) is 15.5. The van der Waals surface area contributed by atoms with Crippen molar-refractivity contribution in [2.24, 2.45) is 11.8 Å². The number of hydrogen-bond donors (Lipinski definition) is 0. The molecule has 3 rings (SSSR count). The predicted octanol–water partition coefficient (Wildman–Crippen LogP) is 6.67. The summed E-state index contributed by atoms with van der Waals surface area (Å²) in [4.78, 5) is 0. The minimum Gasteiger partial charge on any atom is -0.497 e.